The van der Waals surface area contributed by atoms with Crippen LogP contribution in [0.3, 0.4) is 0 Å². The molecule has 1 aromatic rings. The number of nitrogens with zero attached hydrogens (tertiary/aromatic N) is 1. The number of amides is 1. The molecule has 0 saturated carbocycles. The lowest BCUT2D eigenvalue weighted by molar-refractivity contribution is 0.0954. The largest absolute Gasteiger partial charge is 0.355 e. The number of nitrogens with one attached hydrogen (secondary N) is 3. The highest BCUT2D eigenvalue weighted by atomic mass is 127. The minimum absolute atomic E-state index is 0. The van der Waals surface area contributed by atoms with Gasteiger partial charge in [-0.05, 0) is 31.0 Å². The Morgan fingerprint density at radius 3 is 2.29 bits per heavy atom. The standard InChI is InChI=1S/C16H24Cl2N4O.HI/c1-10(2)11(3)22-16(19-4)21-8-7-20-15(23)12-5-6-13(17)14(18)9-12;/h5-6,9-11H,7-8H2,1-4H3,(H,20,23)(H2,19,21,22);1H. The van der Waals surface area contributed by atoms with Gasteiger partial charge >= 0.3 is 0 Å². The smallest absolute Gasteiger partial charge is 0.251 e. The molecular weight excluding hydrogens is 462 g/mol. The highest BCUT2D eigenvalue weighted by Gasteiger charge is 2.09. The maximum Gasteiger partial charge on any atom is 0.251 e. The van der Waals surface area contributed by atoms with Crippen LogP contribution in [-0.2, 0) is 0 Å². The van der Waals surface area contributed by atoms with E-state index in [1.807, 2.05) is 0 Å². The van der Waals surface area contributed by atoms with Gasteiger partial charge in [0.1, 0.15) is 0 Å². The lowest BCUT2D eigenvalue weighted by atomic mass is 10.1. The second-order valence-corrected chi connectivity index (χ2v) is 6.38. The van der Waals surface area contributed by atoms with Gasteiger partial charge in [-0.15, -0.1) is 24.0 Å². The van der Waals surface area contributed by atoms with E-state index in [-0.39, 0.29) is 29.9 Å². The van der Waals surface area contributed by atoms with E-state index in [1.54, 1.807) is 25.2 Å². The number of guanidine groups is 1. The Kier molecular flexibility index (Phi) is 11.4. The SMILES string of the molecule is CN=C(NCCNC(=O)c1ccc(Cl)c(Cl)c1)NC(C)C(C)C.I. The van der Waals surface area contributed by atoms with Crippen LogP contribution >= 0.6 is 47.2 Å². The van der Waals surface area contributed by atoms with E-state index in [4.69, 9.17) is 23.2 Å². The van der Waals surface area contributed by atoms with Gasteiger partial charge in [-0.25, -0.2) is 0 Å². The van der Waals surface area contributed by atoms with Crippen molar-refractivity contribution in [1.29, 1.82) is 0 Å². The number of hydrogen-bond donors (Lipinski definition) is 3. The van der Waals surface area contributed by atoms with E-state index in [2.05, 4.69) is 41.7 Å². The number of rotatable bonds is 6. The molecule has 8 heteroatoms. The van der Waals surface area contributed by atoms with Gasteiger partial charge < -0.3 is 16.0 Å². The Hall–Kier alpha value is -0.730. The van der Waals surface area contributed by atoms with Crippen LogP contribution in [0.5, 0.6) is 0 Å². The molecular formula is C16H25Cl2IN4O. The van der Waals surface area contributed by atoms with E-state index in [0.717, 1.165) is 5.96 Å². The van der Waals surface area contributed by atoms with Crippen LogP contribution in [0, 0.1) is 5.92 Å². The molecule has 1 rings (SSSR count). The molecule has 0 radical (unpaired) electrons. The fourth-order valence-electron chi connectivity index (χ4n) is 1.67. The molecule has 5 nitrogen and oxygen atoms in total. The van der Waals surface area contributed by atoms with Crippen LogP contribution in [0.15, 0.2) is 23.2 Å². The average Bonchev–Trinajstić information content (AvgIpc) is 2.52. The van der Waals surface area contributed by atoms with Crippen molar-refractivity contribution >= 4 is 59.0 Å². The van der Waals surface area contributed by atoms with Gasteiger partial charge in [-0.3, -0.25) is 9.79 Å². The first-order chi connectivity index (χ1) is 10.8. The lowest BCUT2D eigenvalue weighted by Crippen LogP contribution is -2.46. The van der Waals surface area contributed by atoms with Crippen molar-refractivity contribution in [1.82, 2.24) is 16.0 Å². The van der Waals surface area contributed by atoms with Gasteiger partial charge in [0, 0.05) is 31.7 Å². The third-order valence-corrected chi connectivity index (χ3v) is 4.21. The van der Waals surface area contributed by atoms with E-state index < -0.39 is 0 Å². The molecule has 1 atom stereocenters. The topological polar surface area (TPSA) is 65.5 Å². The summed E-state index contributed by atoms with van der Waals surface area (Å²) < 4.78 is 0. The van der Waals surface area contributed by atoms with Gasteiger partial charge in [0.05, 0.1) is 10.0 Å². The molecule has 24 heavy (non-hydrogen) atoms. The normalized spacial score (nSPS) is 12.4. The molecule has 136 valence electrons. The Balaban J connectivity index is 0.00000529. The minimum atomic E-state index is -0.191. The van der Waals surface area contributed by atoms with Gasteiger partial charge in [0.15, 0.2) is 5.96 Å². The number of halogens is 3. The number of aliphatic imine (C=N–C) groups is 1. The third kappa shape index (κ3) is 7.90. The van der Waals surface area contributed by atoms with Crippen molar-refractivity contribution in [3.05, 3.63) is 33.8 Å². The predicted octanol–water partition coefficient (Wildman–Crippen LogP) is 3.55. The van der Waals surface area contributed by atoms with Gasteiger partial charge in [0.25, 0.3) is 5.91 Å². The quantitative estimate of drug-likeness (QED) is 0.249. The number of carbonyl (C=O) groups is 1. The maximum absolute atomic E-state index is 12.0. The summed E-state index contributed by atoms with van der Waals surface area (Å²) >= 11 is 11.7. The summed E-state index contributed by atoms with van der Waals surface area (Å²) in [6, 6.07) is 5.11. The molecule has 1 unspecified atom stereocenters. The second-order valence-electron chi connectivity index (χ2n) is 5.56. The lowest BCUT2D eigenvalue weighted by Gasteiger charge is -2.20. The third-order valence-electron chi connectivity index (χ3n) is 3.47. The molecule has 3 N–H and O–H groups in total. The zero-order valence-corrected chi connectivity index (χ0v) is 18.2. The van der Waals surface area contributed by atoms with Gasteiger partial charge in [0.2, 0.25) is 0 Å². The Labute approximate surface area is 171 Å². The van der Waals surface area contributed by atoms with Crippen molar-refractivity contribution in [3.63, 3.8) is 0 Å². The van der Waals surface area contributed by atoms with Crippen molar-refractivity contribution < 1.29 is 4.79 Å². The number of benzene rings is 1. The minimum Gasteiger partial charge on any atom is -0.355 e. The zero-order valence-electron chi connectivity index (χ0n) is 14.3. The van der Waals surface area contributed by atoms with E-state index in [0.29, 0.717) is 40.7 Å². The summed E-state index contributed by atoms with van der Waals surface area (Å²) in [4.78, 5) is 16.2. The monoisotopic (exact) mass is 486 g/mol. The van der Waals surface area contributed by atoms with Crippen LogP contribution in [0.25, 0.3) is 0 Å². The van der Waals surface area contributed by atoms with Crippen molar-refractivity contribution in [2.45, 2.75) is 26.8 Å². The molecule has 0 saturated heterocycles. The molecule has 0 aliphatic rings. The summed E-state index contributed by atoms with van der Waals surface area (Å²) in [6.45, 7) is 7.42. The molecule has 0 fully saturated rings. The molecule has 0 bridgehead atoms. The molecule has 1 amide bonds. The first-order valence-electron chi connectivity index (χ1n) is 7.55. The highest BCUT2D eigenvalue weighted by Crippen LogP contribution is 2.22. The van der Waals surface area contributed by atoms with E-state index in [1.165, 1.54) is 0 Å². The summed E-state index contributed by atoms with van der Waals surface area (Å²) in [7, 11) is 1.72. The molecule has 0 spiro atoms. The molecule has 0 aromatic heterocycles. The first kappa shape index (κ1) is 23.3. The number of carbonyl (C=O) groups excluding carboxylic acids is 1. The first-order valence-corrected chi connectivity index (χ1v) is 8.31. The molecule has 0 aliphatic carbocycles. The van der Waals surface area contributed by atoms with Crippen LogP contribution in [0.4, 0.5) is 0 Å². The van der Waals surface area contributed by atoms with Crippen molar-refractivity contribution in [3.8, 4) is 0 Å². The van der Waals surface area contributed by atoms with Gasteiger partial charge in [-0.1, -0.05) is 37.0 Å². The fourth-order valence-corrected chi connectivity index (χ4v) is 1.97. The average molecular weight is 487 g/mol. The molecule has 0 aliphatic heterocycles. The van der Waals surface area contributed by atoms with E-state index in [9.17, 15) is 4.79 Å². The maximum atomic E-state index is 12.0. The second kappa shape index (κ2) is 11.8. The summed E-state index contributed by atoms with van der Waals surface area (Å²) in [5.74, 6) is 1.03. The summed E-state index contributed by atoms with van der Waals surface area (Å²) in [5.41, 5.74) is 0.482. The van der Waals surface area contributed by atoms with Crippen molar-refractivity contribution in [2.75, 3.05) is 20.1 Å². The van der Waals surface area contributed by atoms with Crippen LogP contribution in [0.1, 0.15) is 31.1 Å². The Morgan fingerprint density at radius 1 is 1.12 bits per heavy atom. The summed E-state index contributed by atoms with van der Waals surface area (Å²) in [5, 5.41) is 10.1. The Morgan fingerprint density at radius 2 is 1.75 bits per heavy atom. The van der Waals surface area contributed by atoms with Crippen LogP contribution < -0.4 is 16.0 Å². The van der Waals surface area contributed by atoms with Crippen molar-refractivity contribution in [2.24, 2.45) is 10.9 Å². The predicted molar refractivity (Wildman–Crippen MR) is 113 cm³/mol. The zero-order chi connectivity index (χ0) is 17.4. The van der Waals surface area contributed by atoms with Crippen LogP contribution in [-0.4, -0.2) is 38.0 Å². The number of hydrogen-bond acceptors (Lipinski definition) is 2. The van der Waals surface area contributed by atoms with E-state index >= 15 is 0 Å². The highest BCUT2D eigenvalue weighted by molar-refractivity contribution is 14.0. The molecule has 1 aromatic carbocycles. The fraction of sp³-hybridized carbons (Fsp3) is 0.500. The van der Waals surface area contributed by atoms with Gasteiger partial charge in [-0.2, -0.15) is 0 Å². The van der Waals surface area contributed by atoms with Crippen LogP contribution in [0.2, 0.25) is 10.0 Å². The molecule has 0 heterocycles. The Bertz CT molecular complexity index is 567. The summed E-state index contributed by atoms with van der Waals surface area (Å²) in [6.07, 6.45) is 0.